The molecule has 1 aliphatic carbocycles. The fourth-order valence-electron chi connectivity index (χ4n) is 3.68. The summed E-state index contributed by atoms with van der Waals surface area (Å²) >= 11 is 0. The predicted octanol–water partition coefficient (Wildman–Crippen LogP) is 2.37. The molecule has 0 radical (unpaired) electrons. The third kappa shape index (κ3) is 3.20. The summed E-state index contributed by atoms with van der Waals surface area (Å²) in [5.41, 5.74) is 0.952. The van der Waals surface area contributed by atoms with Gasteiger partial charge in [-0.25, -0.2) is 8.78 Å². The van der Waals surface area contributed by atoms with Gasteiger partial charge in [-0.1, -0.05) is 6.07 Å². The molecular weight excluding hydrogens is 354 g/mol. The second-order valence-electron chi connectivity index (χ2n) is 7.18. The SMILES string of the molecule is Cc1cn[nH]c1C(=O)N1CCN(C(=O)c2cccc(F)c2F)C(C2CC2)C1. The standard InChI is InChI=1S/C19H20F2N4O2/c1-11-9-22-23-17(11)19(27)24-7-8-25(15(10-24)12-5-6-12)18(26)13-3-2-4-14(20)16(13)21/h2-4,9,12,15H,5-8,10H2,1H3,(H,22,23). The van der Waals surface area contributed by atoms with Crippen LogP contribution in [0, 0.1) is 24.5 Å². The molecule has 1 unspecified atom stereocenters. The summed E-state index contributed by atoms with van der Waals surface area (Å²) in [5.74, 6) is -2.55. The van der Waals surface area contributed by atoms with Crippen molar-refractivity contribution in [2.24, 2.45) is 5.92 Å². The first-order valence-electron chi connectivity index (χ1n) is 9.01. The maximum Gasteiger partial charge on any atom is 0.272 e. The zero-order chi connectivity index (χ0) is 19.1. The normalized spacial score (nSPS) is 20.0. The number of halogens is 2. The number of hydrogen-bond donors (Lipinski definition) is 1. The van der Waals surface area contributed by atoms with Crippen LogP contribution >= 0.6 is 0 Å². The number of nitrogens with zero attached hydrogens (tertiary/aromatic N) is 3. The van der Waals surface area contributed by atoms with E-state index in [2.05, 4.69) is 10.2 Å². The summed E-state index contributed by atoms with van der Waals surface area (Å²) in [6, 6.07) is 3.43. The highest BCUT2D eigenvalue weighted by Gasteiger charge is 2.42. The molecule has 1 atom stereocenters. The van der Waals surface area contributed by atoms with Crippen molar-refractivity contribution in [1.29, 1.82) is 0 Å². The van der Waals surface area contributed by atoms with Crippen molar-refractivity contribution < 1.29 is 18.4 Å². The van der Waals surface area contributed by atoms with E-state index in [9.17, 15) is 18.4 Å². The highest BCUT2D eigenvalue weighted by atomic mass is 19.2. The van der Waals surface area contributed by atoms with Crippen LogP contribution in [0.25, 0.3) is 0 Å². The number of carbonyl (C=O) groups excluding carboxylic acids is 2. The van der Waals surface area contributed by atoms with Gasteiger partial charge in [0.1, 0.15) is 5.69 Å². The molecule has 1 saturated heterocycles. The van der Waals surface area contributed by atoms with E-state index in [0.717, 1.165) is 24.5 Å². The Morgan fingerprint density at radius 1 is 1.19 bits per heavy atom. The molecule has 8 heteroatoms. The Hall–Kier alpha value is -2.77. The molecular formula is C19H20F2N4O2. The van der Waals surface area contributed by atoms with E-state index in [1.54, 1.807) is 16.0 Å². The molecule has 0 bridgehead atoms. The van der Waals surface area contributed by atoms with E-state index in [-0.39, 0.29) is 30.0 Å². The number of amides is 2. The Labute approximate surface area is 155 Å². The topological polar surface area (TPSA) is 69.3 Å². The number of rotatable bonds is 3. The first-order chi connectivity index (χ1) is 13.0. The fourth-order valence-corrected chi connectivity index (χ4v) is 3.68. The molecule has 27 heavy (non-hydrogen) atoms. The molecule has 142 valence electrons. The minimum Gasteiger partial charge on any atom is -0.333 e. The van der Waals surface area contributed by atoms with Gasteiger partial charge in [0, 0.05) is 19.6 Å². The second kappa shape index (κ2) is 6.75. The van der Waals surface area contributed by atoms with Crippen molar-refractivity contribution in [2.75, 3.05) is 19.6 Å². The van der Waals surface area contributed by atoms with Gasteiger partial charge in [0.25, 0.3) is 11.8 Å². The number of benzene rings is 1. The van der Waals surface area contributed by atoms with Crippen LogP contribution in [-0.4, -0.2) is 57.5 Å². The summed E-state index contributed by atoms with van der Waals surface area (Å²) in [5, 5.41) is 6.61. The lowest BCUT2D eigenvalue weighted by Crippen LogP contribution is -2.57. The molecule has 6 nitrogen and oxygen atoms in total. The molecule has 2 heterocycles. The van der Waals surface area contributed by atoms with E-state index >= 15 is 0 Å². The Bertz CT molecular complexity index is 894. The van der Waals surface area contributed by atoms with E-state index in [0.29, 0.717) is 18.8 Å². The lowest BCUT2D eigenvalue weighted by atomic mass is 10.0. The van der Waals surface area contributed by atoms with Crippen LogP contribution in [0.1, 0.15) is 39.3 Å². The molecule has 1 N–H and O–H groups in total. The number of aryl methyl sites for hydroxylation is 1. The van der Waals surface area contributed by atoms with E-state index in [1.807, 2.05) is 6.92 Å². The number of hydrogen-bond acceptors (Lipinski definition) is 3. The molecule has 0 spiro atoms. The Balaban J connectivity index is 1.56. The quantitative estimate of drug-likeness (QED) is 0.897. The number of nitrogens with one attached hydrogen (secondary N) is 1. The van der Waals surface area contributed by atoms with Crippen molar-refractivity contribution in [1.82, 2.24) is 20.0 Å². The minimum atomic E-state index is -1.12. The minimum absolute atomic E-state index is 0.153. The number of carbonyl (C=O) groups is 2. The van der Waals surface area contributed by atoms with Crippen molar-refractivity contribution in [2.45, 2.75) is 25.8 Å². The molecule has 4 rings (SSSR count). The maximum atomic E-state index is 14.1. The first kappa shape index (κ1) is 17.6. The van der Waals surface area contributed by atoms with Gasteiger partial charge in [-0.2, -0.15) is 5.10 Å². The highest BCUT2D eigenvalue weighted by Crippen LogP contribution is 2.38. The number of aromatic nitrogens is 2. The third-order valence-corrected chi connectivity index (χ3v) is 5.36. The average molecular weight is 374 g/mol. The van der Waals surface area contributed by atoms with E-state index in [4.69, 9.17) is 0 Å². The van der Waals surface area contributed by atoms with Gasteiger partial charge in [-0.05, 0) is 43.4 Å². The molecule has 1 aromatic heterocycles. The maximum absolute atomic E-state index is 14.1. The molecule has 2 amide bonds. The smallest absolute Gasteiger partial charge is 0.272 e. The van der Waals surface area contributed by atoms with E-state index in [1.165, 1.54) is 12.1 Å². The van der Waals surface area contributed by atoms with Gasteiger partial charge in [0.15, 0.2) is 11.6 Å². The lowest BCUT2D eigenvalue weighted by Gasteiger charge is -2.41. The van der Waals surface area contributed by atoms with Crippen LogP contribution in [0.4, 0.5) is 8.78 Å². The lowest BCUT2D eigenvalue weighted by molar-refractivity contribution is 0.0341. The predicted molar refractivity (Wildman–Crippen MR) is 93.1 cm³/mol. The first-order valence-corrected chi connectivity index (χ1v) is 9.01. The second-order valence-corrected chi connectivity index (χ2v) is 7.18. The van der Waals surface area contributed by atoms with Crippen LogP contribution in [0.15, 0.2) is 24.4 Å². The largest absolute Gasteiger partial charge is 0.333 e. The van der Waals surface area contributed by atoms with Crippen molar-refractivity contribution in [3.63, 3.8) is 0 Å². The van der Waals surface area contributed by atoms with Crippen molar-refractivity contribution in [3.8, 4) is 0 Å². The molecule has 1 aliphatic heterocycles. The zero-order valence-electron chi connectivity index (χ0n) is 14.9. The molecule has 1 aromatic carbocycles. The van der Waals surface area contributed by atoms with Gasteiger partial charge in [0.2, 0.25) is 0 Å². The summed E-state index contributed by atoms with van der Waals surface area (Å²) in [7, 11) is 0. The Morgan fingerprint density at radius 2 is 1.96 bits per heavy atom. The van der Waals surface area contributed by atoms with Gasteiger partial charge in [-0.3, -0.25) is 14.7 Å². The Kier molecular flexibility index (Phi) is 4.41. The van der Waals surface area contributed by atoms with Crippen molar-refractivity contribution >= 4 is 11.8 Å². The van der Waals surface area contributed by atoms with Gasteiger partial charge in [0.05, 0.1) is 17.8 Å². The van der Waals surface area contributed by atoms with E-state index < -0.39 is 17.5 Å². The molecule has 2 aromatic rings. The van der Waals surface area contributed by atoms with Crippen molar-refractivity contribution in [3.05, 3.63) is 52.9 Å². The number of H-pyrrole nitrogens is 1. The highest BCUT2D eigenvalue weighted by molar-refractivity contribution is 5.96. The molecule has 2 aliphatic rings. The summed E-state index contributed by atoms with van der Waals surface area (Å²) < 4.78 is 27.6. The van der Waals surface area contributed by atoms with Gasteiger partial charge < -0.3 is 9.80 Å². The van der Waals surface area contributed by atoms with Crippen LogP contribution in [0.5, 0.6) is 0 Å². The summed E-state index contributed by atoms with van der Waals surface area (Å²) in [4.78, 5) is 28.9. The zero-order valence-corrected chi connectivity index (χ0v) is 14.9. The van der Waals surface area contributed by atoms with Crippen LogP contribution in [-0.2, 0) is 0 Å². The summed E-state index contributed by atoms with van der Waals surface area (Å²) in [6.07, 6.45) is 3.52. The molecule has 2 fully saturated rings. The third-order valence-electron chi connectivity index (χ3n) is 5.36. The number of piperazine rings is 1. The number of aromatic amines is 1. The van der Waals surface area contributed by atoms with Crippen LogP contribution in [0.2, 0.25) is 0 Å². The fraction of sp³-hybridized carbons (Fsp3) is 0.421. The van der Waals surface area contributed by atoms with Gasteiger partial charge in [-0.15, -0.1) is 0 Å². The molecule has 1 saturated carbocycles. The Morgan fingerprint density at radius 3 is 2.63 bits per heavy atom. The monoisotopic (exact) mass is 374 g/mol. The van der Waals surface area contributed by atoms with Gasteiger partial charge >= 0.3 is 0 Å². The average Bonchev–Trinajstić information content (AvgIpc) is 3.43. The summed E-state index contributed by atoms with van der Waals surface area (Å²) in [6.45, 7) is 2.81. The van der Waals surface area contributed by atoms with Crippen LogP contribution in [0.3, 0.4) is 0 Å². The van der Waals surface area contributed by atoms with Crippen LogP contribution < -0.4 is 0 Å².